The summed E-state index contributed by atoms with van der Waals surface area (Å²) in [4.78, 5) is 31.7. The van der Waals surface area contributed by atoms with Gasteiger partial charge in [0.15, 0.2) is 5.16 Å². The van der Waals surface area contributed by atoms with Crippen molar-refractivity contribution in [2.75, 3.05) is 34.0 Å². The predicted octanol–water partition coefficient (Wildman–Crippen LogP) is 1.96. The Balaban J connectivity index is 2.35. The van der Waals surface area contributed by atoms with E-state index in [4.69, 9.17) is 9.47 Å². The van der Waals surface area contributed by atoms with Crippen molar-refractivity contribution in [2.45, 2.75) is 37.7 Å². The molecule has 2 heterocycles. The van der Waals surface area contributed by atoms with Gasteiger partial charge in [-0.15, -0.1) is 11.3 Å². The first-order valence-electron chi connectivity index (χ1n) is 8.33. The number of aromatic nitrogens is 2. The molecule has 1 atom stereocenters. The Morgan fingerprint density at radius 1 is 1.31 bits per heavy atom. The van der Waals surface area contributed by atoms with Gasteiger partial charge in [0.25, 0.3) is 5.56 Å². The minimum atomic E-state index is -0.382. The zero-order chi connectivity index (χ0) is 19.3. The van der Waals surface area contributed by atoms with Gasteiger partial charge in [0.1, 0.15) is 4.83 Å². The van der Waals surface area contributed by atoms with E-state index in [0.717, 1.165) is 10.4 Å². The maximum Gasteiger partial charge on any atom is 0.263 e. The first-order chi connectivity index (χ1) is 12.4. The largest absolute Gasteiger partial charge is 0.383 e. The Bertz CT molecular complexity index is 832. The molecule has 0 aromatic carbocycles. The number of methoxy groups -OCH3 is 2. The zero-order valence-corrected chi connectivity index (χ0v) is 17.4. The summed E-state index contributed by atoms with van der Waals surface area (Å²) in [6.45, 7) is 7.43. The Morgan fingerprint density at radius 3 is 2.65 bits per heavy atom. The standard InChI is InChI=1S/C17H25N3O4S2/c1-10-11(2)25-15-13(10)16(22)20(7-9-24-5)17(19-15)26-12(3)14(21)18-6-8-23-4/h12H,6-9H2,1-5H3,(H,18,21)/t12-/m0/s1. The van der Waals surface area contributed by atoms with Crippen LogP contribution in [0.1, 0.15) is 17.4 Å². The van der Waals surface area contributed by atoms with Crippen LogP contribution in [0.15, 0.2) is 9.95 Å². The lowest BCUT2D eigenvalue weighted by atomic mass is 10.2. The van der Waals surface area contributed by atoms with Crippen molar-refractivity contribution in [3.8, 4) is 0 Å². The Kier molecular flexibility index (Phi) is 7.63. The van der Waals surface area contributed by atoms with E-state index < -0.39 is 0 Å². The smallest absolute Gasteiger partial charge is 0.263 e. The van der Waals surface area contributed by atoms with E-state index in [1.165, 1.54) is 23.1 Å². The lowest BCUT2D eigenvalue weighted by Crippen LogP contribution is -2.34. The highest BCUT2D eigenvalue weighted by Gasteiger charge is 2.21. The quantitative estimate of drug-likeness (QED) is 0.394. The minimum Gasteiger partial charge on any atom is -0.383 e. The molecule has 2 aromatic heterocycles. The van der Waals surface area contributed by atoms with Gasteiger partial charge in [0.2, 0.25) is 5.91 Å². The summed E-state index contributed by atoms with van der Waals surface area (Å²) in [6.07, 6.45) is 0. The molecular weight excluding hydrogens is 374 g/mol. The van der Waals surface area contributed by atoms with Crippen molar-refractivity contribution in [3.05, 3.63) is 20.8 Å². The Labute approximate surface area is 161 Å². The molecule has 0 aliphatic carbocycles. The molecule has 0 spiro atoms. The lowest BCUT2D eigenvalue weighted by Gasteiger charge is -2.15. The summed E-state index contributed by atoms with van der Waals surface area (Å²) in [5.41, 5.74) is 0.888. The number of nitrogens with one attached hydrogen (secondary N) is 1. The van der Waals surface area contributed by atoms with Crippen molar-refractivity contribution < 1.29 is 14.3 Å². The van der Waals surface area contributed by atoms with E-state index in [1.54, 1.807) is 25.7 Å². The first-order valence-corrected chi connectivity index (χ1v) is 10.0. The second-order valence-corrected chi connectivity index (χ2v) is 8.36. The van der Waals surface area contributed by atoms with Gasteiger partial charge in [0, 0.05) is 25.6 Å². The Hall–Kier alpha value is -1.42. The molecule has 2 rings (SSSR count). The molecule has 0 aliphatic rings. The second kappa shape index (κ2) is 9.50. The van der Waals surface area contributed by atoms with Crippen molar-refractivity contribution >= 4 is 39.2 Å². The van der Waals surface area contributed by atoms with E-state index >= 15 is 0 Å². The van der Waals surface area contributed by atoms with Crippen molar-refractivity contribution in [3.63, 3.8) is 0 Å². The van der Waals surface area contributed by atoms with Crippen LogP contribution < -0.4 is 10.9 Å². The minimum absolute atomic E-state index is 0.0802. The summed E-state index contributed by atoms with van der Waals surface area (Å²) in [5.74, 6) is -0.113. The third kappa shape index (κ3) is 4.64. The lowest BCUT2D eigenvalue weighted by molar-refractivity contribution is -0.120. The number of hydrogen-bond acceptors (Lipinski definition) is 7. The molecule has 0 unspecified atom stereocenters. The number of rotatable bonds is 9. The number of thioether (sulfide) groups is 1. The van der Waals surface area contributed by atoms with E-state index in [-0.39, 0.29) is 16.7 Å². The van der Waals surface area contributed by atoms with E-state index in [2.05, 4.69) is 10.3 Å². The molecule has 0 fully saturated rings. The summed E-state index contributed by atoms with van der Waals surface area (Å²) >= 11 is 2.79. The first kappa shape index (κ1) is 20.9. The monoisotopic (exact) mass is 399 g/mol. The molecule has 0 aliphatic heterocycles. The molecule has 7 nitrogen and oxygen atoms in total. The molecule has 144 valence electrons. The third-order valence-corrected chi connectivity index (χ3v) is 6.22. The predicted molar refractivity (Wildman–Crippen MR) is 105 cm³/mol. The fraction of sp³-hybridized carbons (Fsp3) is 0.588. The zero-order valence-electron chi connectivity index (χ0n) is 15.7. The van der Waals surface area contributed by atoms with E-state index in [0.29, 0.717) is 41.7 Å². The van der Waals surface area contributed by atoms with Crippen LogP contribution in [0.2, 0.25) is 0 Å². The number of carbonyl (C=O) groups is 1. The highest BCUT2D eigenvalue weighted by Crippen LogP contribution is 2.29. The van der Waals surface area contributed by atoms with Gasteiger partial charge < -0.3 is 14.8 Å². The molecule has 0 radical (unpaired) electrons. The van der Waals surface area contributed by atoms with Gasteiger partial charge in [0.05, 0.1) is 30.4 Å². The molecule has 2 aromatic rings. The highest BCUT2D eigenvalue weighted by atomic mass is 32.2. The SMILES string of the molecule is COCCNC(=O)[C@H](C)Sc1nc2sc(C)c(C)c2c(=O)n1CCOC. The van der Waals surface area contributed by atoms with Crippen molar-refractivity contribution in [2.24, 2.45) is 0 Å². The molecule has 0 saturated carbocycles. The maximum absolute atomic E-state index is 13.0. The number of hydrogen-bond donors (Lipinski definition) is 1. The van der Waals surface area contributed by atoms with Gasteiger partial charge in [-0.3, -0.25) is 14.2 Å². The van der Waals surface area contributed by atoms with Gasteiger partial charge in [-0.2, -0.15) is 0 Å². The number of fused-ring (bicyclic) bond motifs is 1. The fourth-order valence-corrected chi connectivity index (χ4v) is 4.44. The van der Waals surface area contributed by atoms with Crippen LogP contribution in [0.25, 0.3) is 10.2 Å². The summed E-state index contributed by atoms with van der Waals surface area (Å²) in [7, 11) is 3.18. The van der Waals surface area contributed by atoms with Crippen LogP contribution in [-0.2, 0) is 20.8 Å². The molecule has 9 heteroatoms. The molecular formula is C17H25N3O4S2. The van der Waals surface area contributed by atoms with Crippen LogP contribution in [0, 0.1) is 13.8 Å². The number of thiophene rings is 1. The summed E-state index contributed by atoms with van der Waals surface area (Å²) < 4.78 is 11.7. The molecule has 1 N–H and O–H groups in total. The number of nitrogens with zero attached hydrogens (tertiary/aromatic N) is 2. The average Bonchev–Trinajstić information content (AvgIpc) is 2.89. The topological polar surface area (TPSA) is 82.5 Å². The average molecular weight is 400 g/mol. The number of ether oxygens (including phenoxy) is 2. The highest BCUT2D eigenvalue weighted by molar-refractivity contribution is 8.00. The molecule has 0 bridgehead atoms. The van der Waals surface area contributed by atoms with E-state index in [9.17, 15) is 9.59 Å². The van der Waals surface area contributed by atoms with Crippen LogP contribution in [-0.4, -0.2) is 54.7 Å². The van der Waals surface area contributed by atoms with Crippen LogP contribution in [0.4, 0.5) is 0 Å². The van der Waals surface area contributed by atoms with Gasteiger partial charge in [-0.05, 0) is 26.3 Å². The Morgan fingerprint density at radius 2 is 2.00 bits per heavy atom. The van der Waals surface area contributed by atoms with Crippen LogP contribution >= 0.6 is 23.1 Å². The van der Waals surface area contributed by atoms with Gasteiger partial charge in [-0.1, -0.05) is 11.8 Å². The molecule has 0 saturated heterocycles. The third-order valence-electron chi connectivity index (χ3n) is 4.03. The molecule has 1 amide bonds. The maximum atomic E-state index is 13.0. The second-order valence-electron chi connectivity index (χ2n) is 5.85. The van der Waals surface area contributed by atoms with Crippen LogP contribution in [0.5, 0.6) is 0 Å². The number of carbonyl (C=O) groups excluding carboxylic acids is 1. The number of amides is 1. The van der Waals surface area contributed by atoms with Crippen molar-refractivity contribution in [1.82, 2.24) is 14.9 Å². The van der Waals surface area contributed by atoms with Gasteiger partial charge in [-0.25, -0.2) is 4.98 Å². The normalized spacial score (nSPS) is 12.5. The summed E-state index contributed by atoms with van der Waals surface area (Å²) in [5, 5.41) is 3.62. The number of aryl methyl sites for hydroxylation is 2. The summed E-state index contributed by atoms with van der Waals surface area (Å²) in [6, 6.07) is 0. The van der Waals surface area contributed by atoms with Crippen LogP contribution in [0.3, 0.4) is 0 Å². The van der Waals surface area contributed by atoms with Gasteiger partial charge >= 0.3 is 0 Å². The fourth-order valence-electron chi connectivity index (χ4n) is 2.41. The van der Waals surface area contributed by atoms with Crippen molar-refractivity contribution in [1.29, 1.82) is 0 Å². The van der Waals surface area contributed by atoms with E-state index in [1.807, 2.05) is 13.8 Å². The molecule has 26 heavy (non-hydrogen) atoms.